The molecule has 0 aliphatic rings. The van der Waals surface area contributed by atoms with Crippen LogP contribution in [0.1, 0.15) is 19.4 Å². The van der Waals surface area contributed by atoms with Crippen molar-refractivity contribution >= 4 is 17.5 Å². The van der Waals surface area contributed by atoms with Crippen LogP contribution in [0.5, 0.6) is 0 Å². The van der Waals surface area contributed by atoms with Gasteiger partial charge in [0.25, 0.3) is 0 Å². The molecule has 0 saturated heterocycles. The minimum atomic E-state index is -0.532. The molecule has 18 heavy (non-hydrogen) atoms. The molecule has 0 radical (unpaired) electrons. The first-order chi connectivity index (χ1) is 8.40. The maximum Gasteiger partial charge on any atom is 0.241 e. The monoisotopic (exact) mass is 249 g/mol. The zero-order chi connectivity index (χ0) is 13.7. The molecule has 1 aromatic carbocycles. The van der Waals surface area contributed by atoms with E-state index in [1.54, 1.807) is 24.3 Å². The quantitative estimate of drug-likeness (QED) is 0.714. The molecule has 1 aromatic rings. The molecule has 1 atom stereocenters. The van der Waals surface area contributed by atoms with Crippen LogP contribution in [0.3, 0.4) is 0 Å². The van der Waals surface area contributed by atoms with Crippen molar-refractivity contribution in [3.63, 3.8) is 0 Å². The zero-order valence-electron chi connectivity index (χ0n) is 10.6. The summed E-state index contributed by atoms with van der Waals surface area (Å²) in [5, 5.41) is 2.72. The Labute approximate surface area is 107 Å². The van der Waals surface area contributed by atoms with Gasteiger partial charge in [-0.1, -0.05) is 26.0 Å². The fourth-order valence-corrected chi connectivity index (χ4v) is 1.44. The van der Waals surface area contributed by atoms with Crippen LogP contribution in [-0.4, -0.2) is 17.9 Å². The van der Waals surface area contributed by atoms with Crippen LogP contribution < -0.4 is 16.8 Å². The second-order valence-electron chi connectivity index (χ2n) is 4.60. The van der Waals surface area contributed by atoms with E-state index in [1.807, 2.05) is 13.8 Å². The van der Waals surface area contributed by atoms with Gasteiger partial charge in [0.2, 0.25) is 11.8 Å². The maximum absolute atomic E-state index is 11.7. The van der Waals surface area contributed by atoms with Crippen LogP contribution >= 0.6 is 0 Å². The van der Waals surface area contributed by atoms with E-state index in [-0.39, 0.29) is 24.2 Å². The molecular weight excluding hydrogens is 230 g/mol. The number of anilines is 1. The van der Waals surface area contributed by atoms with Gasteiger partial charge in [0.15, 0.2) is 0 Å². The largest absolute Gasteiger partial charge is 0.369 e. The SMILES string of the molecule is CC(C)C(N)C(=O)Nc1ccc(CC(N)=O)cc1. The Bertz CT molecular complexity index is 426. The summed E-state index contributed by atoms with van der Waals surface area (Å²) in [4.78, 5) is 22.4. The van der Waals surface area contributed by atoms with Crippen LogP contribution in [0, 0.1) is 5.92 Å². The molecule has 0 aliphatic carbocycles. The second-order valence-corrected chi connectivity index (χ2v) is 4.60. The number of hydrogen-bond acceptors (Lipinski definition) is 3. The normalized spacial score (nSPS) is 12.2. The molecule has 0 aromatic heterocycles. The summed E-state index contributed by atoms with van der Waals surface area (Å²) in [6, 6.07) is 6.42. The number of hydrogen-bond donors (Lipinski definition) is 3. The Balaban J connectivity index is 2.63. The van der Waals surface area contributed by atoms with Gasteiger partial charge in [-0.3, -0.25) is 9.59 Å². The van der Waals surface area contributed by atoms with Crippen molar-refractivity contribution in [1.29, 1.82) is 0 Å². The highest BCUT2D eigenvalue weighted by Gasteiger charge is 2.16. The lowest BCUT2D eigenvalue weighted by Crippen LogP contribution is -2.39. The first kappa shape index (κ1) is 14.2. The number of nitrogens with two attached hydrogens (primary N) is 2. The first-order valence-electron chi connectivity index (χ1n) is 5.84. The summed E-state index contributed by atoms with van der Waals surface area (Å²) in [5.41, 5.74) is 12.3. The summed E-state index contributed by atoms with van der Waals surface area (Å²) >= 11 is 0. The molecule has 0 spiro atoms. The third-order valence-electron chi connectivity index (χ3n) is 2.62. The van der Waals surface area contributed by atoms with Crippen molar-refractivity contribution < 1.29 is 9.59 Å². The van der Waals surface area contributed by atoms with E-state index < -0.39 is 6.04 Å². The molecule has 5 heteroatoms. The van der Waals surface area contributed by atoms with Gasteiger partial charge < -0.3 is 16.8 Å². The molecule has 0 saturated carbocycles. The summed E-state index contributed by atoms with van der Waals surface area (Å²) in [6.07, 6.45) is 0.194. The number of carbonyl (C=O) groups is 2. The fraction of sp³-hybridized carbons (Fsp3) is 0.385. The van der Waals surface area contributed by atoms with E-state index >= 15 is 0 Å². The lowest BCUT2D eigenvalue weighted by molar-refractivity contribution is -0.118. The van der Waals surface area contributed by atoms with Gasteiger partial charge in [-0.2, -0.15) is 0 Å². The van der Waals surface area contributed by atoms with E-state index in [2.05, 4.69) is 5.32 Å². The van der Waals surface area contributed by atoms with Crippen LogP contribution in [-0.2, 0) is 16.0 Å². The van der Waals surface area contributed by atoms with E-state index in [1.165, 1.54) is 0 Å². The molecule has 98 valence electrons. The molecule has 0 aliphatic heterocycles. The Hall–Kier alpha value is -1.88. The highest BCUT2D eigenvalue weighted by Crippen LogP contribution is 2.11. The maximum atomic E-state index is 11.7. The van der Waals surface area contributed by atoms with Crippen LogP contribution in [0.4, 0.5) is 5.69 Å². The average molecular weight is 249 g/mol. The molecule has 0 fully saturated rings. The van der Waals surface area contributed by atoms with E-state index in [0.717, 1.165) is 5.56 Å². The standard InChI is InChI=1S/C13H19N3O2/c1-8(2)12(15)13(18)16-10-5-3-9(4-6-10)7-11(14)17/h3-6,8,12H,7,15H2,1-2H3,(H2,14,17)(H,16,18). The van der Waals surface area contributed by atoms with E-state index in [9.17, 15) is 9.59 Å². The zero-order valence-corrected chi connectivity index (χ0v) is 10.6. The minimum absolute atomic E-state index is 0.0825. The number of nitrogens with one attached hydrogen (secondary N) is 1. The van der Waals surface area contributed by atoms with Gasteiger partial charge in [0.05, 0.1) is 12.5 Å². The summed E-state index contributed by atoms with van der Waals surface area (Å²) < 4.78 is 0. The smallest absolute Gasteiger partial charge is 0.241 e. The van der Waals surface area contributed by atoms with Crippen molar-refractivity contribution in [3.05, 3.63) is 29.8 Å². The van der Waals surface area contributed by atoms with Gasteiger partial charge in [-0.05, 0) is 23.6 Å². The fourth-order valence-electron chi connectivity index (χ4n) is 1.44. The lowest BCUT2D eigenvalue weighted by Gasteiger charge is -2.15. The highest BCUT2D eigenvalue weighted by molar-refractivity contribution is 5.94. The van der Waals surface area contributed by atoms with Crippen molar-refractivity contribution in [1.82, 2.24) is 0 Å². The number of rotatable bonds is 5. The minimum Gasteiger partial charge on any atom is -0.369 e. The summed E-state index contributed by atoms with van der Waals surface area (Å²) in [5.74, 6) is -0.514. The van der Waals surface area contributed by atoms with E-state index in [4.69, 9.17) is 11.5 Å². The Kier molecular flexibility index (Phi) is 4.85. The molecule has 2 amide bonds. The summed E-state index contributed by atoms with van der Waals surface area (Å²) in [7, 11) is 0. The van der Waals surface area contributed by atoms with Crippen molar-refractivity contribution in [2.75, 3.05) is 5.32 Å². The van der Waals surface area contributed by atoms with Crippen LogP contribution in [0.15, 0.2) is 24.3 Å². The number of amides is 2. The molecule has 0 bridgehead atoms. The molecule has 1 unspecified atom stereocenters. The molecule has 1 rings (SSSR count). The Morgan fingerprint density at radius 1 is 1.22 bits per heavy atom. The average Bonchev–Trinajstić information content (AvgIpc) is 2.29. The van der Waals surface area contributed by atoms with Crippen molar-refractivity contribution in [2.45, 2.75) is 26.3 Å². The third kappa shape index (κ3) is 4.18. The topological polar surface area (TPSA) is 98.2 Å². The number of carbonyl (C=O) groups excluding carboxylic acids is 2. The second kappa shape index (κ2) is 6.16. The van der Waals surface area contributed by atoms with Crippen LogP contribution in [0.25, 0.3) is 0 Å². The molecule has 5 nitrogen and oxygen atoms in total. The van der Waals surface area contributed by atoms with Gasteiger partial charge in [0, 0.05) is 5.69 Å². The molecular formula is C13H19N3O2. The number of primary amides is 1. The molecule has 0 heterocycles. The third-order valence-corrected chi connectivity index (χ3v) is 2.62. The number of benzene rings is 1. The van der Waals surface area contributed by atoms with Crippen molar-refractivity contribution in [2.24, 2.45) is 17.4 Å². The van der Waals surface area contributed by atoms with Gasteiger partial charge in [-0.25, -0.2) is 0 Å². The van der Waals surface area contributed by atoms with Gasteiger partial charge in [-0.15, -0.1) is 0 Å². The Morgan fingerprint density at radius 3 is 2.22 bits per heavy atom. The van der Waals surface area contributed by atoms with Gasteiger partial charge in [0.1, 0.15) is 0 Å². The predicted octanol–water partition coefficient (Wildman–Crippen LogP) is 0.636. The molecule has 5 N–H and O–H groups in total. The first-order valence-corrected chi connectivity index (χ1v) is 5.84. The Morgan fingerprint density at radius 2 is 1.78 bits per heavy atom. The lowest BCUT2D eigenvalue weighted by atomic mass is 10.0. The highest BCUT2D eigenvalue weighted by atomic mass is 16.2. The summed E-state index contributed by atoms with van der Waals surface area (Å²) in [6.45, 7) is 3.78. The van der Waals surface area contributed by atoms with Crippen LogP contribution in [0.2, 0.25) is 0 Å². The van der Waals surface area contributed by atoms with E-state index in [0.29, 0.717) is 5.69 Å². The van der Waals surface area contributed by atoms with Gasteiger partial charge >= 0.3 is 0 Å². The predicted molar refractivity (Wildman–Crippen MR) is 70.8 cm³/mol. The van der Waals surface area contributed by atoms with Crippen molar-refractivity contribution in [3.8, 4) is 0 Å².